The van der Waals surface area contributed by atoms with Crippen molar-refractivity contribution in [3.8, 4) is 5.75 Å². The molecule has 2 saturated heterocycles. The molecule has 202 valence electrons. The highest BCUT2D eigenvalue weighted by Crippen LogP contribution is 2.40. The van der Waals surface area contributed by atoms with Crippen LogP contribution in [0.5, 0.6) is 5.75 Å². The largest absolute Gasteiger partial charge is 0.495 e. The number of anilines is 1. The number of hydrogen-bond donors (Lipinski definition) is 2. The summed E-state index contributed by atoms with van der Waals surface area (Å²) in [6, 6.07) is 3.75. The van der Waals surface area contributed by atoms with E-state index in [2.05, 4.69) is 5.32 Å². The van der Waals surface area contributed by atoms with Gasteiger partial charge in [0.1, 0.15) is 23.0 Å². The molecule has 4 bridgehead atoms. The first kappa shape index (κ1) is 27.4. The maximum Gasteiger partial charge on any atom is 0.409 e. The smallest absolute Gasteiger partial charge is 0.409 e. The topological polar surface area (TPSA) is 110 Å². The number of ether oxygens (including phenoxy) is 4. The van der Waals surface area contributed by atoms with Crippen LogP contribution in [0.3, 0.4) is 0 Å². The second-order valence-corrected chi connectivity index (χ2v) is 10.4. The lowest BCUT2D eigenvalue weighted by atomic mass is 9.87. The molecular formula is C27H35ClN2O7. The number of hydrogen-bond acceptors (Lipinski definition) is 7. The average Bonchev–Trinajstić information content (AvgIpc) is 3.63. The number of aliphatic hydroxyl groups is 1. The first-order valence-corrected chi connectivity index (χ1v) is 12.8. The third-order valence-electron chi connectivity index (χ3n) is 7.37. The number of alkyl carbamates (subject to hydrolysis) is 1. The minimum Gasteiger partial charge on any atom is -0.495 e. The molecule has 10 heteroatoms. The van der Waals surface area contributed by atoms with Crippen LogP contribution in [0.4, 0.5) is 10.5 Å². The summed E-state index contributed by atoms with van der Waals surface area (Å²) in [6.07, 6.45) is 4.48. The summed E-state index contributed by atoms with van der Waals surface area (Å²) in [5, 5.41) is 14.3. The summed E-state index contributed by atoms with van der Waals surface area (Å²) >= 11 is 6.58. The molecule has 4 rings (SSSR count). The molecule has 6 atom stereocenters. The predicted octanol–water partition coefficient (Wildman–Crippen LogP) is 3.76. The Hall–Kier alpha value is -2.59. The Morgan fingerprint density at radius 1 is 1.24 bits per heavy atom. The molecule has 37 heavy (non-hydrogen) atoms. The zero-order chi connectivity index (χ0) is 26.9. The minimum atomic E-state index is -1.65. The second-order valence-electron chi connectivity index (χ2n) is 10.0. The molecule has 2 unspecified atom stereocenters. The summed E-state index contributed by atoms with van der Waals surface area (Å²) in [4.78, 5) is 27.0. The fourth-order valence-electron chi connectivity index (χ4n) is 5.12. The van der Waals surface area contributed by atoms with Gasteiger partial charge >= 0.3 is 6.09 Å². The number of benzene rings is 1. The molecule has 1 aromatic rings. The lowest BCUT2D eigenvalue weighted by molar-refractivity contribution is -0.142. The number of carbonyl (C=O) groups excluding carboxylic acids is 2. The summed E-state index contributed by atoms with van der Waals surface area (Å²) in [7, 11) is 4.73. The Kier molecular flexibility index (Phi) is 8.18. The van der Waals surface area contributed by atoms with Crippen molar-refractivity contribution < 1.29 is 33.6 Å². The van der Waals surface area contributed by atoms with E-state index in [9.17, 15) is 14.7 Å². The van der Waals surface area contributed by atoms with Gasteiger partial charge in [0.05, 0.1) is 25.0 Å². The minimum absolute atomic E-state index is 0.0956. The van der Waals surface area contributed by atoms with Crippen LogP contribution in [0.2, 0.25) is 5.02 Å². The summed E-state index contributed by atoms with van der Waals surface area (Å²) in [5.74, 6) is 0.213. The molecule has 3 heterocycles. The van der Waals surface area contributed by atoms with E-state index in [1.54, 1.807) is 31.2 Å². The SMILES string of the molecule is COc1cc2cc(c1Cl)N(C)C(=O)CC[C@@H]1OC1[C@H](C)C1C[C@@](O)(NC(=O)O1)[C@H](OC)/C=C/C=C(\C)C2. The summed E-state index contributed by atoms with van der Waals surface area (Å²) in [6.45, 7) is 3.89. The molecule has 0 spiro atoms. The molecule has 2 fully saturated rings. The van der Waals surface area contributed by atoms with Crippen LogP contribution in [0, 0.1) is 5.92 Å². The van der Waals surface area contributed by atoms with Gasteiger partial charge in [0, 0.05) is 32.9 Å². The predicted molar refractivity (Wildman–Crippen MR) is 139 cm³/mol. The van der Waals surface area contributed by atoms with E-state index in [0.29, 0.717) is 29.3 Å². The summed E-state index contributed by atoms with van der Waals surface area (Å²) < 4.78 is 22.4. The van der Waals surface area contributed by atoms with Crippen LogP contribution >= 0.6 is 11.6 Å². The van der Waals surface area contributed by atoms with Gasteiger partial charge in [0.2, 0.25) is 5.91 Å². The summed E-state index contributed by atoms with van der Waals surface area (Å²) in [5.41, 5.74) is 0.875. The molecule has 2 N–H and O–H groups in total. The average molecular weight is 535 g/mol. The molecule has 0 aromatic heterocycles. The second kappa shape index (κ2) is 11.0. The van der Waals surface area contributed by atoms with Crippen molar-refractivity contribution in [2.24, 2.45) is 5.92 Å². The van der Waals surface area contributed by atoms with Crippen molar-refractivity contribution in [1.29, 1.82) is 0 Å². The van der Waals surface area contributed by atoms with Crippen molar-refractivity contribution in [3.63, 3.8) is 0 Å². The highest BCUT2D eigenvalue weighted by Gasteiger charge is 2.52. The van der Waals surface area contributed by atoms with Gasteiger partial charge in [-0.2, -0.15) is 0 Å². The molecule has 0 aliphatic carbocycles. The number of rotatable bonds is 2. The van der Waals surface area contributed by atoms with Gasteiger partial charge in [-0.05, 0) is 37.5 Å². The van der Waals surface area contributed by atoms with Crippen LogP contribution in [-0.4, -0.2) is 68.5 Å². The fourth-order valence-corrected chi connectivity index (χ4v) is 5.43. The lowest BCUT2D eigenvalue weighted by Crippen LogP contribution is -2.63. The Labute approximate surface area is 222 Å². The van der Waals surface area contributed by atoms with Crippen LogP contribution in [-0.2, 0) is 25.4 Å². The van der Waals surface area contributed by atoms with Crippen molar-refractivity contribution in [2.75, 3.05) is 26.2 Å². The van der Waals surface area contributed by atoms with Crippen LogP contribution in [0.15, 0.2) is 35.9 Å². The van der Waals surface area contributed by atoms with Gasteiger partial charge in [-0.15, -0.1) is 0 Å². The molecule has 2 amide bonds. The first-order chi connectivity index (χ1) is 17.6. The zero-order valence-electron chi connectivity index (χ0n) is 21.8. The van der Waals surface area contributed by atoms with E-state index in [4.69, 9.17) is 30.5 Å². The van der Waals surface area contributed by atoms with Crippen molar-refractivity contribution in [3.05, 3.63) is 46.5 Å². The first-order valence-electron chi connectivity index (χ1n) is 12.4. The molecule has 3 aliphatic heterocycles. The van der Waals surface area contributed by atoms with E-state index in [1.165, 1.54) is 7.11 Å². The van der Waals surface area contributed by atoms with Crippen molar-refractivity contribution >= 4 is 29.3 Å². The standard InChI is InChI=1S/C27H35ClN2O7/c1-15-7-6-8-22(35-5)27(33)14-21(37-26(32)29-27)16(2)25-19(36-25)9-10-23(31)30(3)18-12-17(11-15)13-20(34-4)24(18)28/h6-8,12-13,16,19,21-22,25,33H,9-11,14H2,1-5H3,(H,29,32)/b8-6+,15-7+/t16-,19+,21?,22-,25?,27+/m1/s1. The van der Waals surface area contributed by atoms with Gasteiger partial charge < -0.3 is 29.0 Å². The van der Waals surface area contributed by atoms with Gasteiger partial charge in [-0.3, -0.25) is 10.1 Å². The van der Waals surface area contributed by atoms with E-state index in [0.717, 1.165) is 11.1 Å². The van der Waals surface area contributed by atoms with E-state index >= 15 is 0 Å². The normalized spacial score (nSPS) is 34.9. The van der Waals surface area contributed by atoms with E-state index in [-0.39, 0.29) is 36.9 Å². The number of nitrogens with one attached hydrogen (secondary N) is 1. The quantitative estimate of drug-likeness (QED) is 0.556. The highest BCUT2D eigenvalue weighted by molar-refractivity contribution is 6.35. The molecule has 0 saturated carbocycles. The van der Waals surface area contributed by atoms with Gasteiger partial charge in [0.15, 0.2) is 5.72 Å². The molecular weight excluding hydrogens is 500 g/mol. The number of methoxy groups -OCH3 is 2. The van der Waals surface area contributed by atoms with Crippen LogP contribution in [0.1, 0.15) is 38.7 Å². The third-order valence-corrected chi connectivity index (χ3v) is 7.75. The third kappa shape index (κ3) is 5.95. The molecule has 9 nitrogen and oxygen atoms in total. The number of epoxide rings is 1. The van der Waals surface area contributed by atoms with Crippen molar-refractivity contribution in [1.82, 2.24) is 5.32 Å². The fraction of sp³-hybridized carbons (Fsp3) is 0.556. The van der Waals surface area contributed by atoms with E-state index < -0.39 is 24.0 Å². The highest BCUT2D eigenvalue weighted by atomic mass is 35.5. The Bertz CT molecular complexity index is 1110. The number of amides is 2. The number of allylic oxidation sites excluding steroid dienone is 3. The van der Waals surface area contributed by atoms with Crippen molar-refractivity contribution in [2.45, 2.75) is 69.7 Å². The number of nitrogens with zero attached hydrogens (tertiary/aromatic N) is 1. The monoisotopic (exact) mass is 534 g/mol. The van der Waals surface area contributed by atoms with Gasteiger partial charge in [-0.1, -0.05) is 42.3 Å². The maximum absolute atomic E-state index is 13.1. The number of fused-ring (bicyclic) bond motifs is 5. The zero-order valence-corrected chi connectivity index (χ0v) is 22.6. The van der Waals surface area contributed by atoms with Gasteiger partial charge in [-0.25, -0.2) is 4.79 Å². The molecule has 0 radical (unpaired) electrons. The molecule has 3 aliphatic rings. The number of carbonyl (C=O) groups is 2. The van der Waals surface area contributed by atoms with Gasteiger partial charge in [0.25, 0.3) is 0 Å². The Morgan fingerprint density at radius 3 is 2.70 bits per heavy atom. The lowest BCUT2D eigenvalue weighted by Gasteiger charge is -2.41. The number of halogens is 1. The maximum atomic E-state index is 13.1. The van der Waals surface area contributed by atoms with Crippen LogP contribution in [0.25, 0.3) is 0 Å². The Morgan fingerprint density at radius 2 is 2.00 bits per heavy atom. The van der Waals surface area contributed by atoms with E-state index in [1.807, 2.05) is 32.1 Å². The van der Waals surface area contributed by atoms with Crippen LogP contribution < -0.4 is 15.0 Å². The molecule has 1 aromatic carbocycles. The Balaban J connectivity index is 1.68.